The summed E-state index contributed by atoms with van der Waals surface area (Å²) in [6, 6.07) is 4.45. The van der Waals surface area contributed by atoms with Gasteiger partial charge in [-0.25, -0.2) is 0 Å². The monoisotopic (exact) mass is 400 g/mol. The number of halogens is 2. The van der Waals surface area contributed by atoms with Crippen LogP contribution in [0.5, 0.6) is 11.5 Å². The summed E-state index contributed by atoms with van der Waals surface area (Å²) in [6.07, 6.45) is 0.964. The maximum absolute atomic E-state index is 12.6. The molecule has 1 saturated heterocycles. The van der Waals surface area contributed by atoms with E-state index in [1.165, 1.54) is 18.2 Å². The summed E-state index contributed by atoms with van der Waals surface area (Å²) >= 11 is 0. The molecule has 1 aliphatic rings. The maximum Gasteiger partial charge on any atom is 0.387 e. The van der Waals surface area contributed by atoms with E-state index in [0.717, 1.165) is 19.5 Å². The summed E-state index contributed by atoms with van der Waals surface area (Å²) in [5.41, 5.74) is 0.343. The van der Waals surface area contributed by atoms with Gasteiger partial charge < -0.3 is 19.5 Å². The number of hydrogen-bond acceptors (Lipinski definition) is 5. The van der Waals surface area contributed by atoms with E-state index >= 15 is 0 Å². The minimum absolute atomic E-state index is 0.0839. The smallest absolute Gasteiger partial charge is 0.387 e. The molecule has 6 nitrogen and oxygen atoms in total. The van der Waals surface area contributed by atoms with Crippen LogP contribution in [-0.2, 0) is 4.74 Å². The lowest BCUT2D eigenvalue weighted by Crippen LogP contribution is -2.49. The Hall–Kier alpha value is -1.93. The lowest BCUT2D eigenvalue weighted by molar-refractivity contribution is -0.0514. The van der Waals surface area contributed by atoms with E-state index in [9.17, 15) is 13.6 Å². The molecular formula is C20H30F2N2O4. The predicted molar refractivity (Wildman–Crippen MR) is 102 cm³/mol. The molecule has 2 rings (SSSR count). The van der Waals surface area contributed by atoms with Crippen molar-refractivity contribution in [2.24, 2.45) is 5.92 Å². The van der Waals surface area contributed by atoms with Gasteiger partial charge in [0, 0.05) is 31.2 Å². The van der Waals surface area contributed by atoms with Crippen LogP contribution in [-0.4, -0.2) is 62.9 Å². The number of carbonyl (C=O) groups is 1. The minimum Gasteiger partial charge on any atom is -0.490 e. The van der Waals surface area contributed by atoms with Crippen molar-refractivity contribution in [3.63, 3.8) is 0 Å². The molecule has 1 aromatic rings. The van der Waals surface area contributed by atoms with Gasteiger partial charge in [-0.2, -0.15) is 8.78 Å². The Morgan fingerprint density at radius 2 is 1.96 bits per heavy atom. The van der Waals surface area contributed by atoms with Gasteiger partial charge in [0.25, 0.3) is 5.91 Å². The summed E-state index contributed by atoms with van der Waals surface area (Å²) in [6.45, 7) is 6.98. The highest BCUT2D eigenvalue weighted by Gasteiger charge is 2.23. The van der Waals surface area contributed by atoms with Crippen molar-refractivity contribution in [3.05, 3.63) is 23.8 Å². The van der Waals surface area contributed by atoms with Crippen molar-refractivity contribution in [1.82, 2.24) is 10.2 Å². The first kappa shape index (κ1) is 22.4. The number of nitrogens with one attached hydrogen (secondary N) is 1. The number of benzene rings is 1. The first-order valence-corrected chi connectivity index (χ1v) is 9.72. The molecule has 1 amide bonds. The van der Waals surface area contributed by atoms with Crippen LogP contribution in [0.2, 0.25) is 0 Å². The Balaban J connectivity index is 2.04. The fourth-order valence-corrected chi connectivity index (χ4v) is 3.27. The summed E-state index contributed by atoms with van der Waals surface area (Å²) in [7, 11) is 0. The molecule has 0 aliphatic carbocycles. The number of morpholine rings is 1. The van der Waals surface area contributed by atoms with Crippen LogP contribution in [0.25, 0.3) is 0 Å². The van der Waals surface area contributed by atoms with E-state index in [4.69, 9.17) is 9.47 Å². The molecule has 1 heterocycles. The van der Waals surface area contributed by atoms with Gasteiger partial charge in [0.15, 0.2) is 11.5 Å². The van der Waals surface area contributed by atoms with Crippen LogP contribution in [0.1, 0.15) is 37.6 Å². The van der Waals surface area contributed by atoms with Gasteiger partial charge in [-0.1, -0.05) is 13.8 Å². The normalized spacial score (nSPS) is 16.2. The Morgan fingerprint density at radius 3 is 2.57 bits per heavy atom. The second-order valence-electron chi connectivity index (χ2n) is 7.11. The fraction of sp³-hybridized carbons (Fsp3) is 0.650. The van der Waals surface area contributed by atoms with E-state index in [0.29, 0.717) is 31.2 Å². The zero-order chi connectivity index (χ0) is 20.5. The van der Waals surface area contributed by atoms with Gasteiger partial charge >= 0.3 is 6.61 Å². The quantitative estimate of drug-likeness (QED) is 0.654. The third-order valence-electron chi connectivity index (χ3n) is 4.53. The summed E-state index contributed by atoms with van der Waals surface area (Å²) in [5, 5.41) is 2.97. The molecular weight excluding hydrogens is 370 g/mol. The molecule has 1 aromatic carbocycles. The second-order valence-corrected chi connectivity index (χ2v) is 7.11. The molecule has 0 radical (unpaired) electrons. The molecule has 0 aromatic heterocycles. The van der Waals surface area contributed by atoms with Gasteiger partial charge in [-0.3, -0.25) is 9.69 Å². The van der Waals surface area contributed by atoms with Crippen molar-refractivity contribution in [2.45, 2.75) is 39.8 Å². The maximum atomic E-state index is 12.6. The van der Waals surface area contributed by atoms with Crippen molar-refractivity contribution < 1.29 is 27.8 Å². The summed E-state index contributed by atoms with van der Waals surface area (Å²) in [4.78, 5) is 15.0. The van der Waals surface area contributed by atoms with E-state index in [1.54, 1.807) is 6.92 Å². The number of hydrogen-bond donors (Lipinski definition) is 1. The van der Waals surface area contributed by atoms with Gasteiger partial charge in [0.2, 0.25) is 0 Å². The Labute approximate surface area is 165 Å². The van der Waals surface area contributed by atoms with Crippen molar-refractivity contribution in [2.75, 3.05) is 39.5 Å². The number of nitrogens with zero attached hydrogens (tertiary/aromatic N) is 1. The zero-order valence-corrected chi connectivity index (χ0v) is 16.7. The van der Waals surface area contributed by atoms with Crippen LogP contribution in [0.4, 0.5) is 8.78 Å². The van der Waals surface area contributed by atoms with E-state index in [1.807, 2.05) is 0 Å². The van der Waals surface area contributed by atoms with Crippen molar-refractivity contribution >= 4 is 5.91 Å². The van der Waals surface area contributed by atoms with Crippen molar-refractivity contribution in [1.29, 1.82) is 0 Å². The standard InChI is InChI=1S/C20H30F2N2O4/c1-4-27-18-12-15(5-6-17(18)28-20(21)22)19(25)23-13-16(11-14(2)3)24-7-9-26-10-8-24/h5-6,12,14,16,20H,4,7-11,13H2,1-3H3,(H,23,25)/t16-/m1/s1. The Bertz CT molecular complexity index is 622. The molecule has 158 valence electrons. The predicted octanol–water partition coefficient (Wildman–Crippen LogP) is 3.16. The highest BCUT2D eigenvalue weighted by Crippen LogP contribution is 2.30. The molecule has 0 spiro atoms. The highest BCUT2D eigenvalue weighted by atomic mass is 19.3. The van der Waals surface area contributed by atoms with Gasteiger partial charge in [-0.15, -0.1) is 0 Å². The molecule has 1 fully saturated rings. The lowest BCUT2D eigenvalue weighted by atomic mass is 10.0. The Morgan fingerprint density at radius 1 is 1.25 bits per heavy atom. The van der Waals surface area contributed by atoms with Gasteiger partial charge in [-0.05, 0) is 37.5 Å². The van der Waals surface area contributed by atoms with Crippen LogP contribution in [0, 0.1) is 5.92 Å². The molecule has 1 atom stereocenters. The Kier molecular flexibility index (Phi) is 8.92. The van der Waals surface area contributed by atoms with Crippen LogP contribution >= 0.6 is 0 Å². The number of ether oxygens (including phenoxy) is 3. The van der Waals surface area contributed by atoms with E-state index in [-0.39, 0.29) is 30.1 Å². The molecule has 0 bridgehead atoms. The highest BCUT2D eigenvalue weighted by molar-refractivity contribution is 5.94. The number of carbonyl (C=O) groups excluding carboxylic acids is 1. The third kappa shape index (κ3) is 6.91. The van der Waals surface area contributed by atoms with Crippen molar-refractivity contribution in [3.8, 4) is 11.5 Å². The molecule has 0 saturated carbocycles. The van der Waals surface area contributed by atoms with Gasteiger partial charge in [0.05, 0.1) is 19.8 Å². The topological polar surface area (TPSA) is 60.0 Å². The SMILES string of the molecule is CCOc1cc(C(=O)NC[C@@H](CC(C)C)N2CCOCC2)ccc1OC(F)F. The molecule has 1 aliphatic heterocycles. The lowest BCUT2D eigenvalue weighted by Gasteiger charge is -2.35. The zero-order valence-electron chi connectivity index (χ0n) is 16.7. The molecule has 28 heavy (non-hydrogen) atoms. The first-order chi connectivity index (χ1) is 13.4. The first-order valence-electron chi connectivity index (χ1n) is 9.72. The average molecular weight is 400 g/mol. The second kappa shape index (κ2) is 11.2. The average Bonchev–Trinajstić information content (AvgIpc) is 2.66. The molecule has 8 heteroatoms. The molecule has 1 N–H and O–H groups in total. The largest absolute Gasteiger partial charge is 0.490 e. The summed E-state index contributed by atoms with van der Waals surface area (Å²) in [5.74, 6) is 0.272. The van der Waals surface area contributed by atoms with Gasteiger partial charge in [0.1, 0.15) is 0 Å². The van der Waals surface area contributed by atoms with E-state index < -0.39 is 6.61 Å². The minimum atomic E-state index is -2.95. The van der Waals surface area contributed by atoms with Crippen LogP contribution < -0.4 is 14.8 Å². The fourth-order valence-electron chi connectivity index (χ4n) is 3.27. The summed E-state index contributed by atoms with van der Waals surface area (Å²) < 4.78 is 40.2. The number of amides is 1. The molecule has 0 unspecified atom stereocenters. The number of alkyl halides is 2. The van der Waals surface area contributed by atoms with E-state index in [2.05, 4.69) is 28.8 Å². The number of rotatable bonds is 10. The van der Waals surface area contributed by atoms with Crippen LogP contribution in [0.15, 0.2) is 18.2 Å². The third-order valence-corrected chi connectivity index (χ3v) is 4.53. The van der Waals surface area contributed by atoms with Crippen LogP contribution in [0.3, 0.4) is 0 Å².